The molecule has 0 amide bonds. The van der Waals surface area contributed by atoms with Gasteiger partial charge in [-0.15, -0.1) is 0 Å². The summed E-state index contributed by atoms with van der Waals surface area (Å²) < 4.78 is 51.7. The summed E-state index contributed by atoms with van der Waals surface area (Å²) in [6.45, 7) is 0.0109. The minimum atomic E-state index is -3.75. The van der Waals surface area contributed by atoms with Crippen LogP contribution < -0.4 is 10.0 Å². The van der Waals surface area contributed by atoms with Crippen molar-refractivity contribution in [1.29, 1.82) is 0 Å². The lowest BCUT2D eigenvalue weighted by Crippen LogP contribution is -2.34. The molecular weight excluding hydrogens is 250 g/mol. The van der Waals surface area contributed by atoms with Gasteiger partial charge in [-0.1, -0.05) is 6.07 Å². The van der Waals surface area contributed by atoms with Crippen LogP contribution >= 0.6 is 0 Å². The molecule has 2 N–H and O–H groups in total. The van der Waals surface area contributed by atoms with Gasteiger partial charge in [-0.2, -0.15) is 0 Å². The fraction of sp³-hybridized carbons (Fsp3) is 0.400. The monoisotopic (exact) mass is 262 g/mol. The number of hydrogen-bond donors (Lipinski definition) is 1. The third-order valence-electron chi connectivity index (χ3n) is 2.83. The molecule has 1 saturated heterocycles. The Morgan fingerprint density at radius 2 is 1.94 bits per heavy atom. The van der Waals surface area contributed by atoms with Crippen molar-refractivity contribution in [3.63, 3.8) is 0 Å². The quantitative estimate of drug-likeness (QED) is 0.858. The second-order valence-electron chi connectivity index (χ2n) is 3.83. The van der Waals surface area contributed by atoms with Crippen molar-refractivity contribution in [3.05, 3.63) is 29.8 Å². The summed E-state index contributed by atoms with van der Waals surface area (Å²) >= 11 is 0. The second kappa shape index (κ2) is 4.23. The summed E-state index contributed by atoms with van der Waals surface area (Å²) in [6, 6.07) is 3.25. The first-order valence-electron chi connectivity index (χ1n) is 5.14. The number of nitrogens with zero attached hydrogens (tertiary/aromatic N) is 1. The molecule has 1 fully saturated rings. The number of nitrogens with two attached hydrogens (primary N) is 1. The first-order valence-corrected chi connectivity index (χ1v) is 6.64. The Labute approximate surface area is 98.1 Å². The summed E-state index contributed by atoms with van der Waals surface area (Å²) in [5.74, 6) is -1.77. The van der Waals surface area contributed by atoms with E-state index in [0.717, 1.165) is 16.4 Å². The number of anilines is 1. The van der Waals surface area contributed by atoms with Crippen molar-refractivity contribution in [3.8, 4) is 0 Å². The Morgan fingerprint density at radius 3 is 2.41 bits per heavy atom. The molecule has 1 aromatic rings. The molecule has 1 aromatic carbocycles. The van der Waals surface area contributed by atoms with E-state index in [9.17, 15) is 17.2 Å². The van der Waals surface area contributed by atoms with Crippen molar-refractivity contribution in [2.75, 3.05) is 17.4 Å². The minimum Gasteiger partial charge on any atom is -0.329 e. The molecule has 2 rings (SSSR count). The van der Waals surface area contributed by atoms with Gasteiger partial charge in [-0.05, 0) is 18.6 Å². The molecule has 94 valence electrons. The van der Waals surface area contributed by atoms with Gasteiger partial charge in [0.1, 0.15) is 5.69 Å². The lowest BCUT2D eigenvalue weighted by atomic mass is 10.2. The highest BCUT2D eigenvalue weighted by atomic mass is 32.2. The van der Waals surface area contributed by atoms with Gasteiger partial charge in [0.25, 0.3) is 0 Å². The molecule has 0 bridgehead atoms. The SMILES string of the molecule is NCC1CCN(c2c(F)cccc2F)S1(=O)=O. The molecule has 0 saturated carbocycles. The predicted octanol–water partition coefficient (Wildman–Crippen LogP) is 0.832. The van der Waals surface area contributed by atoms with E-state index in [0.29, 0.717) is 0 Å². The van der Waals surface area contributed by atoms with Gasteiger partial charge in [0, 0.05) is 13.1 Å². The number of halogens is 2. The number of sulfonamides is 1. The summed E-state index contributed by atoms with van der Waals surface area (Å²) in [6.07, 6.45) is 0.284. The average Bonchev–Trinajstić information content (AvgIpc) is 2.54. The van der Waals surface area contributed by atoms with Crippen LogP contribution in [0.1, 0.15) is 6.42 Å². The number of benzene rings is 1. The van der Waals surface area contributed by atoms with Crippen molar-refractivity contribution >= 4 is 15.7 Å². The van der Waals surface area contributed by atoms with Crippen LogP contribution in [0.15, 0.2) is 18.2 Å². The van der Waals surface area contributed by atoms with Crippen LogP contribution in [-0.4, -0.2) is 26.8 Å². The van der Waals surface area contributed by atoms with Gasteiger partial charge in [-0.25, -0.2) is 17.2 Å². The molecule has 17 heavy (non-hydrogen) atoms. The molecule has 1 unspecified atom stereocenters. The number of para-hydroxylation sites is 1. The molecule has 1 aliphatic heterocycles. The molecule has 1 aliphatic rings. The fourth-order valence-electron chi connectivity index (χ4n) is 1.92. The van der Waals surface area contributed by atoms with E-state index in [1.165, 1.54) is 6.07 Å². The first kappa shape index (κ1) is 12.3. The van der Waals surface area contributed by atoms with E-state index in [2.05, 4.69) is 0 Å². The Kier molecular flexibility index (Phi) is 3.05. The Balaban J connectivity index is 2.50. The topological polar surface area (TPSA) is 63.4 Å². The zero-order valence-corrected chi connectivity index (χ0v) is 9.75. The van der Waals surface area contributed by atoms with Gasteiger partial charge in [0.15, 0.2) is 11.6 Å². The van der Waals surface area contributed by atoms with Crippen LogP contribution in [0, 0.1) is 11.6 Å². The standard InChI is InChI=1S/C10H12F2N2O2S/c11-8-2-1-3-9(12)10(8)14-5-4-7(6-13)17(14,15)16/h1-3,7H,4-6,13H2. The highest BCUT2D eigenvalue weighted by Gasteiger charge is 2.40. The van der Waals surface area contributed by atoms with Crippen LogP contribution in [0.4, 0.5) is 14.5 Å². The van der Waals surface area contributed by atoms with Crippen molar-refractivity contribution in [2.24, 2.45) is 5.73 Å². The largest absolute Gasteiger partial charge is 0.329 e. The molecule has 0 aromatic heterocycles. The molecule has 7 heteroatoms. The van der Waals surface area contributed by atoms with Gasteiger partial charge < -0.3 is 5.73 Å². The van der Waals surface area contributed by atoms with E-state index < -0.39 is 32.6 Å². The first-order chi connectivity index (χ1) is 7.98. The van der Waals surface area contributed by atoms with Crippen molar-refractivity contribution in [1.82, 2.24) is 0 Å². The fourth-order valence-corrected chi connectivity index (χ4v) is 3.72. The third-order valence-corrected chi connectivity index (χ3v) is 5.08. The van der Waals surface area contributed by atoms with Crippen LogP contribution in [0.25, 0.3) is 0 Å². The van der Waals surface area contributed by atoms with E-state index in [1.807, 2.05) is 0 Å². The van der Waals surface area contributed by atoms with Gasteiger partial charge in [0.2, 0.25) is 10.0 Å². The summed E-state index contributed by atoms with van der Waals surface area (Å²) in [5.41, 5.74) is 4.82. The van der Waals surface area contributed by atoms with Crippen LogP contribution in [0.5, 0.6) is 0 Å². The minimum absolute atomic E-state index is 0.0467. The van der Waals surface area contributed by atoms with Gasteiger partial charge in [0.05, 0.1) is 5.25 Å². The molecule has 0 radical (unpaired) electrons. The summed E-state index contributed by atoms with van der Waals surface area (Å²) in [5, 5.41) is -0.762. The van der Waals surface area contributed by atoms with Gasteiger partial charge in [-0.3, -0.25) is 4.31 Å². The van der Waals surface area contributed by atoms with Crippen LogP contribution in [0.3, 0.4) is 0 Å². The lowest BCUT2D eigenvalue weighted by Gasteiger charge is -2.19. The Hall–Kier alpha value is -1.21. The molecular formula is C10H12F2N2O2S. The Bertz CT molecular complexity index is 513. The summed E-state index contributed by atoms with van der Waals surface area (Å²) in [7, 11) is -3.75. The normalized spacial score (nSPS) is 23.0. The Morgan fingerprint density at radius 1 is 1.35 bits per heavy atom. The number of hydrogen-bond acceptors (Lipinski definition) is 3. The van der Waals surface area contributed by atoms with E-state index >= 15 is 0 Å². The lowest BCUT2D eigenvalue weighted by molar-refractivity contribution is 0.571. The number of rotatable bonds is 2. The van der Waals surface area contributed by atoms with Crippen molar-refractivity contribution < 1.29 is 17.2 Å². The predicted molar refractivity (Wildman–Crippen MR) is 60.1 cm³/mol. The van der Waals surface area contributed by atoms with Crippen LogP contribution in [-0.2, 0) is 10.0 Å². The van der Waals surface area contributed by atoms with Crippen LogP contribution in [0.2, 0.25) is 0 Å². The van der Waals surface area contributed by atoms with E-state index in [1.54, 1.807) is 0 Å². The highest BCUT2D eigenvalue weighted by Crippen LogP contribution is 2.32. The maximum atomic E-state index is 13.5. The highest BCUT2D eigenvalue weighted by molar-refractivity contribution is 7.93. The van der Waals surface area contributed by atoms with Gasteiger partial charge >= 0.3 is 0 Å². The molecule has 4 nitrogen and oxygen atoms in total. The van der Waals surface area contributed by atoms with E-state index in [4.69, 9.17) is 5.73 Å². The molecule has 1 heterocycles. The zero-order valence-electron chi connectivity index (χ0n) is 8.94. The molecule has 0 spiro atoms. The third kappa shape index (κ3) is 1.89. The maximum absolute atomic E-state index is 13.5. The van der Waals surface area contributed by atoms with Crippen molar-refractivity contribution in [2.45, 2.75) is 11.7 Å². The smallest absolute Gasteiger partial charge is 0.239 e. The molecule has 1 atom stereocenters. The maximum Gasteiger partial charge on any atom is 0.239 e. The zero-order chi connectivity index (χ0) is 12.6. The van der Waals surface area contributed by atoms with E-state index in [-0.39, 0.29) is 19.5 Å². The average molecular weight is 262 g/mol. The second-order valence-corrected chi connectivity index (χ2v) is 5.97. The molecule has 0 aliphatic carbocycles. The summed E-state index contributed by atoms with van der Waals surface area (Å²) in [4.78, 5) is 0.